The minimum absolute atomic E-state index is 0.200. The third-order valence-electron chi connectivity index (χ3n) is 2.70. The van der Waals surface area contributed by atoms with Gasteiger partial charge >= 0.3 is 0 Å². The fourth-order valence-corrected chi connectivity index (χ4v) is 2.60. The van der Waals surface area contributed by atoms with Crippen LogP contribution in [0.1, 0.15) is 23.5 Å². The number of aromatic nitrogens is 1. The van der Waals surface area contributed by atoms with Crippen LogP contribution in [-0.2, 0) is 6.54 Å². The lowest BCUT2D eigenvalue weighted by molar-refractivity contribution is 0.406. The number of thiazole rings is 1. The zero-order valence-electron chi connectivity index (χ0n) is 10.3. The second kappa shape index (κ2) is 6.18. The first kappa shape index (κ1) is 13.3. The molecular formula is C13H15ClN2OS. The Morgan fingerprint density at radius 3 is 3.00 bits per heavy atom. The lowest BCUT2D eigenvalue weighted by Gasteiger charge is -2.14. The summed E-state index contributed by atoms with van der Waals surface area (Å²) in [5, 5.41) is 7.16. The van der Waals surface area contributed by atoms with Crippen molar-refractivity contribution < 1.29 is 4.74 Å². The molecule has 1 heterocycles. The van der Waals surface area contributed by atoms with Crippen molar-refractivity contribution in [1.82, 2.24) is 10.3 Å². The van der Waals surface area contributed by atoms with Crippen molar-refractivity contribution in [2.45, 2.75) is 19.5 Å². The molecule has 2 aromatic rings. The summed E-state index contributed by atoms with van der Waals surface area (Å²) in [5.74, 6) is 0.807. The quantitative estimate of drug-likeness (QED) is 0.909. The number of hydrogen-bond donors (Lipinski definition) is 1. The van der Waals surface area contributed by atoms with Crippen LogP contribution in [-0.4, -0.2) is 12.1 Å². The van der Waals surface area contributed by atoms with Crippen LogP contribution in [0.3, 0.4) is 0 Å². The molecule has 0 aliphatic carbocycles. The van der Waals surface area contributed by atoms with Crippen LogP contribution in [0.15, 0.2) is 29.8 Å². The van der Waals surface area contributed by atoms with Crippen molar-refractivity contribution in [3.63, 3.8) is 0 Å². The number of nitrogens with one attached hydrogen (secondary N) is 1. The maximum atomic E-state index is 6.18. The van der Waals surface area contributed by atoms with Gasteiger partial charge in [-0.25, -0.2) is 4.98 Å². The highest BCUT2D eigenvalue weighted by Crippen LogP contribution is 2.27. The van der Waals surface area contributed by atoms with E-state index in [1.807, 2.05) is 29.8 Å². The summed E-state index contributed by atoms with van der Waals surface area (Å²) >= 11 is 7.83. The van der Waals surface area contributed by atoms with Crippen molar-refractivity contribution in [2.24, 2.45) is 0 Å². The van der Waals surface area contributed by atoms with Crippen LogP contribution in [0, 0.1) is 0 Å². The molecule has 0 spiro atoms. The van der Waals surface area contributed by atoms with Gasteiger partial charge < -0.3 is 10.1 Å². The van der Waals surface area contributed by atoms with Gasteiger partial charge in [0.1, 0.15) is 10.8 Å². The minimum atomic E-state index is 0.200. The standard InChI is InChI=1S/C13H15ClN2OS/c1-9(13-15-6-7-18-13)16-8-10-11(14)4-3-5-12(10)17-2/h3-7,9,16H,8H2,1-2H3. The summed E-state index contributed by atoms with van der Waals surface area (Å²) in [6.07, 6.45) is 1.81. The molecule has 1 aromatic heterocycles. The van der Waals surface area contributed by atoms with Crippen LogP contribution in [0.25, 0.3) is 0 Å². The number of rotatable bonds is 5. The Hall–Kier alpha value is -1.10. The highest BCUT2D eigenvalue weighted by atomic mass is 35.5. The minimum Gasteiger partial charge on any atom is -0.496 e. The highest BCUT2D eigenvalue weighted by molar-refractivity contribution is 7.09. The molecule has 1 aromatic carbocycles. The molecule has 1 N–H and O–H groups in total. The molecule has 2 rings (SSSR count). The molecule has 0 saturated heterocycles. The van der Waals surface area contributed by atoms with Crippen LogP contribution < -0.4 is 10.1 Å². The van der Waals surface area contributed by atoms with Gasteiger partial charge in [0.25, 0.3) is 0 Å². The molecule has 0 aliphatic heterocycles. The molecule has 0 amide bonds. The lowest BCUT2D eigenvalue weighted by atomic mass is 10.2. The summed E-state index contributed by atoms with van der Waals surface area (Å²) < 4.78 is 5.31. The first-order valence-electron chi connectivity index (χ1n) is 5.66. The van der Waals surface area contributed by atoms with Gasteiger partial charge in [0.2, 0.25) is 0 Å². The Morgan fingerprint density at radius 2 is 2.33 bits per heavy atom. The molecule has 5 heteroatoms. The molecule has 0 radical (unpaired) electrons. The molecule has 3 nitrogen and oxygen atoms in total. The summed E-state index contributed by atoms with van der Waals surface area (Å²) in [5.41, 5.74) is 0.977. The Balaban J connectivity index is 2.06. The first-order valence-corrected chi connectivity index (χ1v) is 6.92. The van der Waals surface area contributed by atoms with Gasteiger partial charge in [-0.15, -0.1) is 11.3 Å². The van der Waals surface area contributed by atoms with Crippen molar-refractivity contribution in [3.05, 3.63) is 45.4 Å². The van der Waals surface area contributed by atoms with Gasteiger partial charge in [-0.05, 0) is 19.1 Å². The molecule has 0 aliphatic rings. The van der Waals surface area contributed by atoms with Crippen LogP contribution in [0.2, 0.25) is 5.02 Å². The summed E-state index contributed by atoms with van der Waals surface area (Å²) in [7, 11) is 1.65. The number of ether oxygens (including phenoxy) is 1. The van der Waals surface area contributed by atoms with Gasteiger partial charge in [0.15, 0.2) is 0 Å². The van der Waals surface area contributed by atoms with Crippen molar-refractivity contribution in [1.29, 1.82) is 0 Å². The average Bonchev–Trinajstić information content (AvgIpc) is 2.90. The second-order valence-electron chi connectivity index (χ2n) is 3.89. The SMILES string of the molecule is COc1cccc(Cl)c1CNC(C)c1nccs1. The Bertz CT molecular complexity index is 502. The highest BCUT2D eigenvalue weighted by Gasteiger charge is 2.11. The fraction of sp³-hybridized carbons (Fsp3) is 0.308. The molecule has 0 saturated carbocycles. The zero-order chi connectivity index (χ0) is 13.0. The molecule has 1 unspecified atom stereocenters. The van der Waals surface area contributed by atoms with Crippen LogP contribution >= 0.6 is 22.9 Å². The number of nitrogens with zero attached hydrogens (tertiary/aromatic N) is 1. The van der Waals surface area contributed by atoms with E-state index in [4.69, 9.17) is 16.3 Å². The van der Waals surface area contributed by atoms with Crippen LogP contribution in [0.4, 0.5) is 0 Å². The van der Waals surface area contributed by atoms with Crippen molar-refractivity contribution in [2.75, 3.05) is 7.11 Å². The molecule has 1 atom stereocenters. The largest absolute Gasteiger partial charge is 0.496 e. The monoisotopic (exact) mass is 282 g/mol. The Morgan fingerprint density at radius 1 is 1.50 bits per heavy atom. The van der Waals surface area contributed by atoms with Gasteiger partial charge in [-0.3, -0.25) is 0 Å². The topological polar surface area (TPSA) is 34.1 Å². The van der Waals surface area contributed by atoms with Crippen molar-refractivity contribution >= 4 is 22.9 Å². The summed E-state index contributed by atoms with van der Waals surface area (Å²) in [6.45, 7) is 2.74. The van der Waals surface area contributed by atoms with E-state index < -0.39 is 0 Å². The number of halogens is 1. The van der Waals surface area contributed by atoms with Gasteiger partial charge in [0, 0.05) is 28.7 Å². The predicted molar refractivity (Wildman–Crippen MR) is 75.4 cm³/mol. The normalized spacial score (nSPS) is 12.4. The lowest BCUT2D eigenvalue weighted by Crippen LogP contribution is -2.18. The third kappa shape index (κ3) is 3.02. The molecule has 0 bridgehead atoms. The smallest absolute Gasteiger partial charge is 0.124 e. The Labute approximate surface area is 116 Å². The molecule has 18 heavy (non-hydrogen) atoms. The summed E-state index contributed by atoms with van der Waals surface area (Å²) in [6, 6.07) is 5.87. The maximum absolute atomic E-state index is 6.18. The predicted octanol–water partition coefficient (Wildman–Crippen LogP) is 3.66. The van der Waals surface area contributed by atoms with E-state index in [9.17, 15) is 0 Å². The number of methoxy groups -OCH3 is 1. The van der Waals surface area contributed by atoms with E-state index >= 15 is 0 Å². The van der Waals surface area contributed by atoms with Crippen molar-refractivity contribution in [3.8, 4) is 5.75 Å². The molecule has 0 fully saturated rings. The molecular weight excluding hydrogens is 268 g/mol. The van der Waals surface area contributed by atoms with E-state index in [1.165, 1.54) is 0 Å². The van der Waals surface area contributed by atoms with E-state index in [-0.39, 0.29) is 6.04 Å². The maximum Gasteiger partial charge on any atom is 0.124 e. The van der Waals surface area contributed by atoms with E-state index in [0.717, 1.165) is 16.3 Å². The zero-order valence-corrected chi connectivity index (χ0v) is 11.9. The average molecular weight is 283 g/mol. The third-order valence-corrected chi connectivity index (χ3v) is 4.02. The Kier molecular flexibility index (Phi) is 4.58. The number of benzene rings is 1. The summed E-state index contributed by atoms with van der Waals surface area (Å²) in [4.78, 5) is 4.29. The van der Waals surface area contributed by atoms with E-state index in [2.05, 4.69) is 17.2 Å². The van der Waals surface area contributed by atoms with Gasteiger partial charge in [-0.1, -0.05) is 17.7 Å². The van der Waals surface area contributed by atoms with Crippen LogP contribution in [0.5, 0.6) is 5.75 Å². The van der Waals surface area contributed by atoms with E-state index in [1.54, 1.807) is 18.4 Å². The second-order valence-corrected chi connectivity index (χ2v) is 5.23. The van der Waals surface area contributed by atoms with Gasteiger partial charge in [0.05, 0.1) is 13.2 Å². The first-order chi connectivity index (χ1) is 8.72. The van der Waals surface area contributed by atoms with E-state index in [0.29, 0.717) is 11.6 Å². The molecule has 96 valence electrons. The number of hydrogen-bond acceptors (Lipinski definition) is 4. The van der Waals surface area contributed by atoms with Gasteiger partial charge in [-0.2, -0.15) is 0 Å². The fourth-order valence-electron chi connectivity index (χ4n) is 1.69.